The number of nitrogen functional groups attached to an aromatic ring is 1. The van der Waals surface area contributed by atoms with Crippen LogP contribution in [0.1, 0.15) is 5.56 Å². The fourth-order valence-electron chi connectivity index (χ4n) is 2.69. The third-order valence-electron chi connectivity index (χ3n) is 4.04. The van der Waals surface area contributed by atoms with Gasteiger partial charge in [-0.15, -0.1) is 11.3 Å². The van der Waals surface area contributed by atoms with Crippen molar-refractivity contribution in [2.24, 2.45) is 5.73 Å². The van der Waals surface area contributed by atoms with E-state index in [0.29, 0.717) is 17.2 Å². The normalized spacial score (nSPS) is 10.4. The molecule has 3 N–H and O–H groups in total. The molecule has 0 amide bonds. The van der Waals surface area contributed by atoms with Crippen LogP contribution < -0.4 is 19.9 Å². The minimum atomic E-state index is 0.0702. The van der Waals surface area contributed by atoms with Crippen LogP contribution in [-0.2, 0) is 0 Å². The summed E-state index contributed by atoms with van der Waals surface area (Å²) in [5, 5.41) is 7.48. The molecule has 26 heavy (non-hydrogen) atoms. The fraction of sp³-hybridized carbons (Fsp3) is 0.150. The monoisotopic (exact) mass is 368 g/mol. The summed E-state index contributed by atoms with van der Waals surface area (Å²) in [5.41, 5.74) is 8.31. The van der Waals surface area contributed by atoms with Gasteiger partial charge in [0.2, 0.25) is 5.75 Å². The smallest absolute Gasteiger partial charge is 0.203 e. The Morgan fingerprint density at radius 2 is 1.35 bits per heavy atom. The van der Waals surface area contributed by atoms with Gasteiger partial charge in [-0.2, -0.15) is 0 Å². The molecule has 1 heterocycles. The number of thiophene rings is 1. The van der Waals surface area contributed by atoms with Gasteiger partial charge in [-0.25, -0.2) is 0 Å². The molecule has 2 aromatic carbocycles. The second-order valence-electron chi connectivity index (χ2n) is 5.57. The Hall–Kier alpha value is -2.99. The predicted molar refractivity (Wildman–Crippen MR) is 106 cm³/mol. The first-order chi connectivity index (χ1) is 12.6. The average Bonchev–Trinajstić information content (AvgIpc) is 3.17. The van der Waals surface area contributed by atoms with Crippen LogP contribution in [0, 0.1) is 5.41 Å². The van der Waals surface area contributed by atoms with Gasteiger partial charge < -0.3 is 19.9 Å². The van der Waals surface area contributed by atoms with E-state index in [0.717, 1.165) is 26.4 Å². The maximum Gasteiger partial charge on any atom is 0.203 e. The van der Waals surface area contributed by atoms with E-state index in [1.165, 1.54) is 0 Å². The Bertz CT molecular complexity index is 907. The van der Waals surface area contributed by atoms with Crippen molar-refractivity contribution in [1.29, 1.82) is 5.41 Å². The average molecular weight is 368 g/mol. The van der Waals surface area contributed by atoms with Crippen LogP contribution in [0.4, 0.5) is 0 Å². The minimum absolute atomic E-state index is 0.0702. The number of rotatable bonds is 6. The van der Waals surface area contributed by atoms with Crippen molar-refractivity contribution in [2.45, 2.75) is 0 Å². The van der Waals surface area contributed by atoms with Gasteiger partial charge in [0.15, 0.2) is 11.5 Å². The van der Waals surface area contributed by atoms with Crippen molar-refractivity contribution in [3.05, 3.63) is 54.1 Å². The molecular weight excluding hydrogens is 348 g/mol. The molecule has 0 atom stereocenters. The summed E-state index contributed by atoms with van der Waals surface area (Å²) in [5.74, 6) is 1.90. The summed E-state index contributed by atoms with van der Waals surface area (Å²) in [6.07, 6.45) is 0. The van der Waals surface area contributed by atoms with Crippen LogP contribution in [0.25, 0.3) is 20.9 Å². The number of hydrogen-bond acceptors (Lipinski definition) is 5. The number of hydrogen-bond donors (Lipinski definition) is 2. The Morgan fingerprint density at radius 3 is 1.81 bits per heavy atom. The lowest BCUT2D eigenvalue weighted by Crippen LogP contribution is -2.10. The molecule has 1 aromatic heterocycles. The molecule has 134 valence electrons. The second kappa shape index (κ2) is 7.49. The van der Waals surface area contributed by atoms with Crippen LogP contribution in [0.3, 0.4) is 0 Å². The summed E-state index contributed by atoms with van der Waals surface area (Å²) in [6, 6.07) is 15.7. The maximum absolute atomic E-state index is 7.48. The van der Waals surface area contributed by atoms with Crippen molar-refractivity contribution in [3.63, 3.8) is 0 Å². The number of ether oxygens (including phenoxy) is 3. The standard InChI is InChI=1S/C20H20N2O3S/c1-23-15-10-14(11-16(24-2)19(15)25-3)18-9-8-17(26-18)12-4-6-13(7-5-12)20(21)22/h4-11H,1-3H3,(H3,21,22). The molecule has 0 saturated heterocycles. The first kappa shape index (κ1) is 17.8. The van der Waals surface area contributed by atoms with E-state index in [-0.39, 0.29) is 5.84 Å². The van der Waals surface area contributed by atoms with Crippen LogP contribution in [-0.4, -0.2) is 27.2 Å². The number of nitrogens with two attached hydrogens (primary N) is 1. The van der Waals surface area contributed by atoms with Gasteiger partial charge in [-0.3, -0.25) is 5.41 Å². The fourth-order valence-corrected chi connectivity index (χ4v) is 3.68. The Labute approximate surface area is 156 Å². The van der Waals surface area contributed by atoms with Crippen LogP contribution in [0.2, 0.25) is 0 Å². The van der Waals surface area contributed by atoms with Crippen molar-refractivity contribution in [1.82, 2.24) is 0 Å². The zero-order valence-corrected chi connectivity index (χ0v) is 15.6. The van der Waals surface area contributed by atoms with Crippen molar-refractivity contribution < 1.29 is 14.2 Å². The lowest BCUT2D eigenvalue weighted by molar-refractivity contribution is 0.324. The molecule has 5 nitrogen and oxygen atoms in total. The van der Waals surface area contributed by atoms with E-state index in [1.807, 2.05) is 36.4 Å². The number of amidine groups is 1. The molecule has 3 aromatic rings. The molecule has 0 aliphatic rings. The van der Waals surface area contributed by atoms with Gasteiger partial charge in [-0.05, 0) is 35.4 Å². The van der Waals surface area contributed by atoms with Gasteiger partial charge in [0.25, 0.3) is 0 Å². The SMILES string of the molecule is COc1cc(-c2ccc(-c3ccc(C(=N)N)cc3)s2)cc(OC)c1OC. The minimum Gasteiger partial charge on any atom is -0.493 e. The lowest BCUT2D eigenvalue weighted by Gasteiger charge is -2.13. The molecule has 0 fully saturated rings. The van der Waals surface area contributed by atoms with E-state index in [4.69, 9.17) is 25.4 Å². The third kappa shape index (κ3) is 3.36. The van der Waals surface area contributed by atoms with Crippen LogP contribution in [0.5, 0.6) is 17.2 Å². The largest absolute Gasteiger partial charge is 0.493 e. The molecule has 0 saturated carbocycles. The summed E-state index contributed by atoms with van der Waals surface area (Å²) in [6.45, 7) is 0. The van der Waals surface area contributed by atoms with Gasteiger partial charge in [0, 0.05) is 15.3 Å². The van der Waals surface area contributed by atoms with E-state index in [9.17, 15) is 0 Å². The number of nitrogens with one attached hydrogen (secondary N) is 1. The highest BCUT2D eigenvalue weighted by Gasteiger charge is 2.15. The molecule has 0 radical (unpaired) electrons. The summed E-state index contributed by atoms with van der Waals surface area (Å²) in [7, 11) is 4.81. The zero-order chi connectivity index (χ0) is 18.7. The molecular formula is C20H20N2O3S. The van der Waals surface area contributed by atoms with Crippen molar-refractivity contribution in [3.8, 4) is 38.1 Å². The lowest BCUT2D eigenvalue weighted by atomic mass is 10.1. The Balaban J connectivity index is 1.98. The highest BCUT2D eigenvalue weighted by atomic mass is 32.1. The predicted octanol–water partition coefficient (Wildman–Crippen LogP) is 4.39. The molecule has 0 bridgehead atoms. The van der Waals surface area contributed by atoms with Gasteiger partial charge in [0.05, 0.1) is 21.3 Å². The quantitative estimate of drug-likeness (QED) is 0.500. The van der Waals surface area contributed by atoms with Crippen LogP contribution in [0.15, 0.2) is 48.5 Å². The topological polar surface area (TPSA) is 77.6 Å². The third-order valence-corrected chi connectivity index (χ3v) is 5.22. The second-order valence-corrected chi connectivity index (χ2v) is 6.65. The van der Waals surface area contributed by atoms with E-state index in [1.54, 1.807) is 32.7 Å². The van der Waals surface area contributed by atoms with E-state index in [2.05, 4.69) is 12.1 Å². The highest BCUT2D eigenvalue weighted by molar-refractivity contribution is 7.18. The van der Waals surface area contributed by atoms with Gasteiger partial charge in [0.1, 0.15) is 5.84 Å². The summed E-state index contributed by atoms with van der Waals surface area (Å²) < 4.78 is 16.3. The molecule has 3 rings (SSSR count). The highest BCUT2D eigenvalue weighted by Crippen LogP contribution is 2.43. The first-order valence-electron chi connectivity index (χ1n) is 7.92. The molecule has 6 heteroatoms. The maximum atomic E-state index is 7.48. The number of benzene rings is 2. The van der Waals surface area contributed by atoms with Crippen molar-refractivity contribution in [2.75, 3.05) is 21.3 Å². The van der Waals surface area contributed by atoms with Gasteiger partial charge in [-0.1, -0.05) is 24.3 Å². The summed E-state index contributed by atoms with van der Waals surface area (Å²) >= 11 is 1.67. The van der Waals surface area contributed by atoms with E-state index >= 15 is 0 Å². The zero-order valence-electron chi connectivity index (χ0n) is 14.8. The Morgan fingerprint density at radius 1 is 0.808 bits per heavy atom. The van der Waals surface area contributed by atoms with Gasteiger partial charge >= 0.3 is 0 Å². The van der Waals surface area contributed by atoms with Crippen molar-refractivity contribution >= 4 is 17.2 Å². The molecule has 0 unspecified atom stereocenters. The molecule has 0 aliphatic heterocycles. The first-order valence-corrected chi connectivity index (χ1v) is 8.74. The Kier molecular flexibility index (Phi) is 5.14. The van der Waals surface area contributed by atoms with E-state index < -0.39 is 0 Å². The van der Waals surface area contributed by atoms with Crippen LogP contribution >= 0.6 is 11.3 Å². The molecule has 0 spiro atoms. The molecule has 0 aliphatic carbocycles. The summed E-state index contributed by atoms with van der Waals surface area (Å²) in [4.78, 5) is 2.22. The number of methoxy groups -OCH3 is 3.